The van der Waals surface area contributed by atoms with E-state index in [1.54, 1.807) is 29.2 Å². The van der Waals surface area contributed by atoms with Gasteiger partial charge in [-0.3, -0.25) is 4.79 Å². The van der Waals surface area contributed by atoms with E-state index in [-0.39, 0.29) is 18.4 Å². The molecule has 0 bridgehead atoms. The molecular formula is C21H28ClNO. The molecule has 0 saturated heterocycles. The van der Waals surface area contributed by atoms with Crippen LogP contribution in [0.3, 0.4) is 0 Å². The summed E-state index contributed by atoms with van der Waals surface area (Å²) < 4.78 is 0. The molecular weight excluding hydrogens is 318 g/mol. The Morgan fingerprint density at radius 2 is 1.88 bits per heavy atom. The monoisotopic (exact) mass is 345 g/mol. The van der Waals surface area contributed by atoms with Crippen molar-refractivity contribution in [2.45, 2.75) is 39.7 Å². The van der Waals surface area contributed by atoms with Crippen molar-refractivity contribution < 1.29 is 4.79 Å². The van der Waals surface area contributed by atoms with Gasteiger partial charge in [0.1, 0.15) is 0 Å². The topological polar surface area (TPSA) is 20.3 Å². The number of allylic oxidation sites excluding steroid dienone is 9. The second kappa shape index (κ2) is 12.4. The molecule has 0 N–H and O–H groups in total. The first-order valence-electron chi connectivity index (χ1n) is 8.03. The lowest BCUT2D eigenvalue weighted by molar-refractivity contribution is -0.129. The SMILES string of the molecule is C=C/C=C\C(=C\CC(=O)N(C(=C)/C=C\C=C/C)C(C)CC)C(=C)Cl. The summed E-state index contributed by atoms with van der Waals surface area (Å²) in [6.07, 6.45) is 15.6. The molecule has 0 fully saturated rings. The Bertz CT molecular complexity index is 579. The van der Waals surface area contributed by atoms with Gasteiger partial charge in [-0.2, -0.15) is 0 Å². The lowest BCUT2D eigenvalue weighted by Crippen LogP contribution is -2.36. The van der Waals surface area contributed by atoms with Crippen molar-refractivity contribution in [2.24, 2.45) is 0 Å². The van der Waals surface area contributed by atoms with Crippen LogP contribution in [0.1, 0.15) is 33.6 Å². The van der Waals surface area contributed by atoms with Crippen LogP contribution in [0.4, 0.5) is 0 Å². The Morgan fingerprint density at radius 3 is 2.38 bits per heavy atom. The Hall–Kier alpha value is -2.06. The van der Waals surface area contributed by atoms with E-state index in [9.17, 15) is 4.79 Å². The molecule has 1 amide bonds. The van der Waals surface area contributed by atoms with Crippen LogP contribution in [0, 0.1) is 0 Å². The molecule has 130 valence electrons. The first-order valence-corrected chi connectivity index (χ1v) is 8.41. The van der Waals surface area contributed by atoms with Gasteiger partial charge < -0.3 is 4.90 Å². The molecule has 3 heteroatoms. The zero-order valence-corrected chi connectivity index (χ0v) is 15.7. The molecule has 0 spiro atoms. The highest BCUT2D eigenvalue weighted by Gasteiger charge is 2.19. The van der Waals surface area contributed by atoms with Crippen molar-refractivity contribution in [1.82, 2.24) is 4.90 Å². The average molecular weight is 346 g/mol. The second-order valence-electron chi connectivity index (χ2n) is 5.26. The lowest BCUT2D eigenvalue weighted by Gasteiger charge is -2.28. The van der Waals surface area contributed by atoms with Gasteiger partial charge in [-0.25, -0.2) is 0 Å². The first-order chi connectivity index (χ1) is 11.4. The number of halogens is 1. The Labute approximate surface area is 151 Å². The third-order valence-electron chi connectivity index (χ3n) is 3.42. The van der Waals surface area contributed by atoms with E-state index in [2.05, 4.69) is 19.7 Å². The van der Waals surface area contributed by atoms with Gasteiger partial charge in [-0.05, 0) is 31.9 Å². The molecule has 0 rings (SSSR count). The predicted molar refractivity (Wildman–Crippen MR) is 107 cm³/mol. The zero-order chi connectivity index (χ0) is 18.5. The maximum absolute atomic E-state index is 12.7. The molecule has 0 aromatic heterocycles. The highest BCUT2D eigenvalue weighted by molar-refractivity contribution is 6.32. The second-order valence-corrected chi connectivity index (χ2v) is 5.72. The van der Waals surface area contributed by atoms with Crippen molar-refractivity contribution in [2.75, 3.05) is 0 Å². The fourth-order valence-corrected chi connectivity index (χ4v) is 2.11. The lowest BCUT2D eigenvalue weighted by atomic mass is 10.1. The number of carbonyl (C=O) groups is 1. The largest absolute Gasteiger partial charge is 0.310 e. The van der Waals surface area contributed by atoms with Crippen LogP contribution in [-0.2, 0) is 4.79 Å². The smallest absolute Gasteiger partial charge is 0.231 e. The Morgan fingerprint density at radius 1 is 1.21 bits per heavy atom. The molecule has 1 unspecified atom stereocenters. The van der Waals surface area contributed by atoms with Crippen molar-refractivity contribution in [3.05, 3.63) is 84.6 Å². The van der Waals surface area contributed by atoms with Gasteiger partial charge in [0.15, 0.2) is 0 Å². The zero-order valence-electron chi connectivity index (χ0n) is 15.0. The quantitative estimate of drug-likeness (QED) is 0.440. The molecule has 0 aromatic carbocycles. The minimum Gasteiger partial charge on any atom is -0.310 e. The van der Waals surface area contributed by atoms with E-state index in [1.165, 1.54) is 0 Å². The highest BCUT2D eigenvalue weighted by Crippen LogP contribution is 2.18. The third-order valence-corrected chi connectivity index (χ3v) is 3.64. The molecule has 0 heterocycles. The van der Waals surface area contributed by atoms with Gasteiger partial charge in [-0.15, -0.1) is 0 Å². The summed E-state index contributed by atoms with van der Waals surface area (Å²) >= 11 is 5.97. The van der Waals surface area contributed by atoms with Crippen LogP contribution in [0.5, 0.6) is 0 Å². The minimum absolute atomic E-state index is 0.0260. The van der Waals surface area contributed by atoms with Crippen LogP contribution in [0.2, 0.25) is 0 Å². The summed E-state index contributed by atoms with van der Waals surface area (Å²) in [5, 5.41) is 0.391. The fraction of sp³-hybridized carbons (Fsp3) is 0.286. The molecule has 24 heavy (non-hydrogen) atoms. The molecule has 1 atom stereocenters. The molecule has 2 nitrogen and oxygen atoms in total. The summed E-state index contributed by atoms with van der Waals surface area (Å²) in [5.41, 5.74) is 1.39. The highest BCUT2D eigenvalue weighted by atomic mass is 35.5. The number of carbonyl (C=O) groups excluding carboxylic acids is 1. The summed E-state index contributed by atoms with van der Waals surface area (Å²) in [4.78, 5) is 14.4. The minimum atomic E-state index is -0.0260. The molecule has 0 aliphatic carbocycles. The third kappa shape index (κ3) is 7.98. The van der Waals surface area contributed by atoms with Gasteiger partial charge in [0.2, 0.25) is 5.91 Å². The van der Waals surface area contributed by atoms with Gasteiger partial charge in [0.05, 0.1) is 0 Å². The Kier molecular flexibility index (Phi) is 11.3. The number of nitrogens with zero attached hydrogens (tertiary/aromatic N) is 1. The van der Waals surface area contributed by atoms with Crippen molar-refractivity contribution >= 4 is 17.5 Å². The number of hydrogen-bond acceptors (Lipinski definition) is 1. The molecule has 0 saturated carbocycles. The number of amides is 1. The maximum Gasteiger partial charge on any atom is 0.231 e. The van der Waals surface area contributed by atoms with Gasteiger partial charge in [0, 0.05) is 23.2 Å². The molecule has 0 radical (unpaired) electrons. The molecule has 0 aliphatic heterocycles. The number of rotatable bonds is 10. The van der Waals surface area contributed by atoms with E-state index in [0.29, 0.717) is 16.3 Å². The average Bonchev–Trinajstić information content (AvgIpc) is 2.54. The van der Waals surface area contributed by atoms with Crippen LogP contribution in [0.15, 0.2) is 84.6 Å². The van der Waals surface area contributed by atoms with Crippen molar-refractivity contribution in [3.63, 3.8) is 0 Å². The van der Waals surface area contributed by atoms with Gasteiger partial charge >= 0.3 is 0 Å². The van der Waals surface area contributed by atoms with E-state index in [4.69, 9.17) is 11.6 Å². The van der Waals surface area contributed by atoms with Gasteiger partial charge in [-0.1, -0.05) is 80.8 Å². The Balaban J connectivity index is 5.32. The molecule has 0 aliphatic rings. The summed E-state index contributed by atoms with van der Waals surface area (Å²) in [6.45, 7) is 17.4. The number of hydrogen-bond donors (Lipinski definition) is 0. The maximum atomic E-state index is 12.7. The summed E-state index contributed by atoms with van der Waals surface area (Å²) in [6, 6.07) is 0.0695. The predicted octanol–water partition coefficient (Wildman–Crippen LogP) is 6.07. The fourth-order valence-electron chi connectivity index (χ4n) is 1.97. The van der Waals surface area contributed by atoms with Crippen LogP contribution in [-0.4, -0.2) is 16.8 Å². The van der Waals surface area contributed by atoms with Gasteiger partial charge in [0.25, 0.3) is 0 Å². The van der Waals surface area contributed by atoms with Crippen molar-refractivity contribution in [1.29, 1.82) is 0 Å². The van der Waals surface area contributed by atoms with Crippen molar-refractivity contribution in [3.8, 4) is 0 Å². The van der Waals surface area contributed by atoms with Crippen LogP contribution in [0.25, 0.3) is 0 Å². The van der Waals surface area contributed by atoms with E-state index >= 15 is 0 Å². The van der Waals surface area contributed by atoms with E-state index < -0.39 is 0 Å². The van der Waals surface area contributed by atoms with E-state index in [1.807, 2.05) is 45.1 Å². The standard InChI is InChI=1S/C21H28ClNO/c1-7-10-12-13-18(5)23(17(4)9-3)21(24)16-15-20(19(6)22)14-11-8-2/h7-8,10-15,17H,2,5-6,9,16H2,1,3-4H3/b10-7-,13-12-,14-11-,20-15-. The normalized spacial score (nSPS) is 13.6. The van der Waals surface area contributed by atoms with E-state index in [0.717, 1.165) is 6.42 Å². The summed E-state index contributed by atoms with van der Waals surface area (Å²) in [5.74, 6) is -0.0260. The van der Waals surface area contributed by atoms with Crippen LogP contribution < -0.4 is 0 Å². The van der Waals surface area contributed by atoms with Crippen LogP contribution >= 0.6 is 11.6 Å². The molecule has 0 aromatic rings. The summed E-state index contributed by atoms with van der Waals surface area (Å²) in [7, 11) is 0. The first kappa shape index (κ1) is 21.9.